The van der Waals surface area contributed by atoms with Crippen LogP contribution in [0.4, 0.5) is 5.69 Å². The van der Waals surface area contributed by atoms with Crippen molar-refractivity contribution in [2.24, 2.45) is 7.05 Å². The number of rotatable bonds is 5. The molecule has 0 aliphatic heterocycles. The molecule has 1 aromatic carbocycles. The van der Waals surface area contributed by atoms with E-state index >= 15 is 0 Å². The van der Waals surface area contributed by atoms with Crippen molar-refractivity contribution in [3.8, 4) is 16.9 Å². The number of nitrogens with one attached hydrogen (secondary N) is 1. The largest absolute Gasteiger partial charge is 0.490 e. The summed E-state index contributed by atoms with van der Waals surface area (Å²) in [6, 6.07) is 8.43. The zero-order chi connectivity index (χ0) is 18.0. The number of sulfonamides is 1. The van der Waals surface area contributed by atoms with Gasteiger partial charge < -0.3 is 9.30 Å². The van der Waals surface area contributed by atoms with E-state index in [9.17, 15) is 13.2 Å². The fourth-order valence-electron chi connectivity index (χ4n) is 3.07. The van der Waals surface area contributed by atoms with Gasteiger partial charge in [-0.05, 0) is 49.9 Å². The maximum absolute atomic E-state index is 11.7. The van der Waals surface area contributed by atoms with Gasteiger partial charge in [0.2, 0.25) is 15.6 Å². The molecule has 1 aliphatic carbocycles. The average Bonchev–Trinajstić information content (AvgIpc) is 3.03. The number of aryl methyl sites for hydroxylation is 1. The number of aromatic nitrogens is 1. The van der Waals surface area contributed by atoms with E-state index in [4.69, 9.17) is 4.74 Å². The molecule has 1 aromatic heterocycles. The van der Waals surface area contributed by atoms with Crippen LogP contribution in [0.15, 0.2) is 41.3 Å². The van der Waals surface area contributed by atoms with E-state index in [0.717, 1.165) is 43.1 Å². The Morgan fingerprint density at radius 2 is 1.88 bits per heavy atom. The van der Waals surface area contributed by atoms with Crippen LogP contribution in [0.2, 0.25) is 0 Å². The van der Waals surface area contributed by atoms with Crippen molar-refractivity contribution in [2.45, 2.75) is 31.8 Å². The summed E-state index contributed by atoms with van der Waals surface area (Å²) < 4.78 is 33.2. The number of pyridine rings is 1. The summed E-state index contributed by atoms with van der Waals surface area (Å²) in [5.74, 6) is 0.699. The van der Waals surface area contributed by atoms with Gasteiger partial charge >= 0.3 is 0 Å². The van der Waals surface area contributed by atoms with Gasteiger partial charge in [0.25, 0.3) is 0 Å². The summed E-state index contributed by atoms with van der Waals surface area (Å²) in [7, 11) is -1.69. The molecule has 25 heavy (non-hydrogen) atoms. The van der Waals surface area contributed by atoms with E-state index in [1.807, 2.05) is 0 Å². The summed E-state index contributed by atoms with van der Waals surface area (Å²) in [4.78, 5) is 11.7. The van der Waals surface area contributed by atoms with Crippen LogP contribution in [0.25, 0.3) is 11.1 Å². The minimum atomic E-state index is -3.37. The molecule has 1 heterocycles. The Hall–Kier alpha value is -2.28. The van der Waals surface area contributed by atoms with Crippen molar-refractivity contribution in [3.63, 3.8) is 0 Å². The van der Waals surface area contributed by atoms with Crippen molar-refractivity contribution >= 4 is 15.7 Å². The van der Waals surface area contributed by atoms with E-state index < -0.39 is 10.0 Å². The van der Waals surface area contributed by atoms with Crippen molar-refractivity contribution in [1.29, 1.82) is 0 Å². The van der Waals surface area contributed by atoms with Crippen molar-refractivity contribution in [1.82, 2.24) is 4.57 Å². The highest BCUT2D eigenvalue weighted by Gasteiger charge is 2.19. The first-order valence-corrected chi connectivity index (χ1v) is 10.2. The molecule has 1 saturated carbocycles. The molecule has 7 heteroatoms. The van der Waals surface area contributed by atoms with Crippen LogP contribution in [-0.2, 0) is 17.1 Å². The number of hydrogen-bond donors (Lipinski definition) is 1. The van der Waals surface area contributed by atoms with Crippen LogP contribution in [0.1, 0.15) is 25.7 Å². The lowest BCUT2D eigenvalue weighted by Crippen LogP contribution is -2.15. The van der Waals surface area contributed by atoms with Crippen LogP contribution in [0.3, 0.4) is 0 Å². The highest BCUT2D eigenvalue weighted by atomic mass is 32.2. The molecule has 0 bridgehead atoms. The summed E-state index contributed by atoms with van der Waals surface area (Å²) in [6.07, 6.45) is 7.39. The minimum absolute atomic E-state index is 0.104. The Morgan fingerprint density at radius 1 is 1.16 bits per heavy atom. The third kappa shape index (κ3) is 4.42. The molecule has 0 spiro atoms. The molecular formula is C18H22N2O4S. The zero-order valence-electron chi connectivity index (χ0n) is 14.4. The highest BCUT2D eigenvalue weighted by Crippen LogP contribution is 2.35. The second-order valence-electron chi connectivity index (χ2n) is 6.48. The smallest absolute Gasteiger partial charge is 0.250 e. The third-order valence-corrected chi connectivity index (χ3v) is 4.88. The Balaban J connectivity index is 2.04. The topological polar surface area (TPSA) is 77.4 Å². The normalized spacial score (nSPS) is 15.3. The SMILES string of the molecule is Cn1cc(-c2cc(NS(C)(=O)=O)ccc2OC2CCCC2)ccc1=O. The van der Waals surface area contributed by atoms with Gasteiger partial charge in [-0.15, -0.1) is 0 Å². The molecule has 0 atom stereocenters. The molecule has 0 saturated heterocycles. The number of hydrogen-bond acceptors (Lipinski definition) is 4. The zero-order valence-corrected chi connectivity index (χ0v) is 15.2. The van der Waals surface area contributed by atoms with Gasteiger partial charge in [0, 0.05) is 36.1 Å². The Labute approximate surface area is 147 Å². The van der Waals surface area contributed by atoms with E-state index in [0.29, 0.717) is 11.4 Å². The lowest BCUT2D eigenvalue weighted by Gasteiger charge is -2.18. The fraction of sp³-hybridized carbons (Fsp3) is 0.389. The standard InChI is InChI=1S/C18H22N2O4S/c1-20-12-13(7-10-18(20)21)16-11-14(19-25(2,22)23)8-9-17(16)24-15-5-3-4-6-15/h7-12,15,19H,3-6H2,1-2H3. The number of benzene rings is 1. The predicted octanol–water partition coefficient (Wildman–Crippen LogP) is 2.75. The van der Waals surface area contributed by atoms with Gasteiger partial charge in [-0.3, -0.25) is 9.52 Å². The lowest BCUT2D eigenvalue weighted by molar-refractivity contribution is 0.211. The maximum atomic E-state index is 11.7. The monoisotopic (exact) mass is 362 g/mol. The summed E-state index contributed by atoms with van der Waals surface area (Å²) >= 11 is 0. The first-order valence-electron chi connectivity index (χ1n) is 8.27. The van der Waals surface area contributed by atoms with Crippen molar-refractivity contribution in [2.75, 3.05) is 11.0 Å². The first-order chi connectivity index (χ1) is 11.8. The second-order valence-corrected chi connectivity index (χ2v) is 8.22. The van der Waals surface area contributed by atoms with E-state index in [2.05, 4.69) is 4.72 Å². The van der Waals surface area contributed by atoms with Crippen LogP contribution >= 0.6 is 0 Å². The van der Waals surface area contributed by atoms with Crippen LogP contribution < -0.4 is 15.0 Å². The van der Waals surface area contributed by atoms with Gasteiger partial charge in [-0.1, -0.05) is 0 Å². The Bertz CT molecular complexity index is 928. The Morgan fingerprint density at radius 3 is 2.52 bits per heavy atom. The molecule has 1 N–H and O–H groups in total. The third-order valence-electron chi connectivity index (χ3n) is 4.28. The van der Waals surface area contributed by atoms with Crippen molar-refractivity contribution in [3.05, 3.63) is 46.9 Å². The first kappa shape index (κ1) is 17.5. The predicted molar refractivity (Wildman–Crippen MR) is 98.5 cm³/mol. The molecule has 2 aromatic rings. The molecule has 134 valence electrons. The second kappa shape index (κ2) is 6.92. The van der Waals surface area contributed by atoms with Gasteiger partial charge in [0.05, 0.1) is 12.4 Å². The molecule has 1 aliphatic rings. The average molecular weight is 362 g/mol. The van der Waals surface area contributed by atoms with E-state index in [1.165, 1.54) is 10.6 Å². The Kier molecular flexibility index (Phi) is 4.85. The molecule has 0 amide bonds. The summed E-state index contributed by atoms with van der Waals surface area (Å²) in [5, 5.41) is 0. The summed E-state index contributed by atoms with van der Waals surface area (Å²) in [5.41, 5.74) is 1.92. The van der Waals surface area contributed by atoms with Crippen LogP contribution in [-0.4, -0.2) is 25.3 Å². The van der Waals surface area contributed by atoms with Gasteiger partial charge in [0.1, 0.15) is 5.75 Å². The fourth-order valence-corrected chi connectivity index (χ4v) is 3.63. The lowest BCUT2D eigenvalue weighted by atomic mass is 10.1. The number of anilines is 1. The highest BCUT2D eigenvalue weighted by molar-refractivity contribution is 7.92. The maximum Gasteiger partial charge on any atom is 0.250 e. The van der Waals surface area contributed by atoms with E-state index in [1.54, 1.807) is 37.5 Å². The van der Waals surface area contributed by atoms with Gasteiger partial charge in [-0.25, -0.2) is 8.42 Å². The summed E-state index contributed by atoms with van der Waals surface area (Å²) in [6.45, 7) is 0. The van der Waals surface area contributed by atoms with Crippen molar-refractivity contribution < 1.29 is 13.2 Å². The molecule has 1 fully saturated rings. The molecule has 0 radical (unpaired) electrons. The molecular weight excluding hydrogens is 340 g/mol. The van der Waals surface area contributed by atoms with Crippen LogP contribution in [0.5, 0.6) is 5.75 Å². The minimum Gasteiger partial charge on any atom is -0.490 e. The number of ether oxygens (including phenoxy) is 1. The molecule has 6 nitrogen and oxygen atoms in total. The quantitative estimate of drug-likeness (QED) is 0.887. The van der Waals surface area contributed by atoms with Gasteiger partial charge in [0.15, 0.2) is 0 Å². The van der Waals surface area contributed by atoms with E-state index in [-0.39, 0.29) is 11.7 Å². The van der Waals surface area contributed by atoms with Crippen LogP contribution in [0, 0.1) is 0 Å². The molecule has 0 unspecified atom stereocenters. The van der Waals surface area contributed by atoms with Gasteiger partial charge in [-0.2, -0.15) is 0 Å². The number of nitrogens with zero attached hydrogens (tertiary/aromatic N) is 1. The molecule has 3 rings (SSSR count).